The van der Waals surface area contributed by atoms with Crippen LogP contribution in [0, 0.1) is 12.8 Å². The van der Waals surface area contributed by atoms with Gasteiger partial charge < -0.3 is 16.0 Å². The number of likely N-dealkylation sites (tertiary alicyclic amines) is 1. The summed E-state index contributed by atoms with van der Waals surface area (Å²) >= 11 is 0. The third-order valence-electron chi connectivity index (χ3n) is 4.59. The zero-order valence-electron chi connectivity index (χ0n) is 14.1. The molecule has 126 valence electrons. The molecule has 0 aromatic carbocycles. The number of nitrogens with zero attached hydrogens (tertiary/aromatic N) is 2. The Kier molecular flexibility index (Phi) is 5.71. The fourth-order valence-electron chi connectivity index (χ4n) is 3.01. The Morgan fingerprint density at radius 3 is 2.57 bits per heavy atom. The van der Waals surface area contributed by atoms with Gasteiger partial charge in [0.15, 0.2) is 0 Å². The summed E-state index contributed by atoms with van der Waals surface area (Å²) in [5, 5.41) is 3.07. The molecule has 1 aliphatic rings. The van der Waals surface area contributed by atoms with Crippen molar-refractivity contribution in [2.45, 2.75) is 45.7 Å². The molecule has 2 heterocycles. The van der Waals surface area contributed by atoms with Crippen molar-refractivity contribution in [3.05, 3.63) is 29.6 Å². The number of carbonyl (C=O) groups excluding carboxylic acids is 2. The van der Waals surface area contributed by atoms with Crippen LogP contribution in [0.25, 0.3) is 0 Å². The van der Waals surface area contributed by atoms with Gasteiger partial charge in [-0.25, -0.2) is 0 Å². The van der Waals surface area contributed by atoms with Crippen LogP contribution in [0.5, 0.6) is 0 Å². The van der Waals surface area contributed by atoms with Crippen LogP contribution >= 0.6 is 0 Å². The van der Waals surface area contributed by atoms with E-state index in [2.05, 4.69) is 10.3 Å². The number of hydrogen-bond acceptors (Lipinski definition) is 4. The van der Waals surface area contributed by atoms with Crippen LogP contribution in [0.4, 0.5) is 0 Å². The maximum atomic E-state index is 12.3. The minimum Gasteiger partial charge on any atom is -0.349 e. The summed E-state index contributed by atoms with van der Waals surface area (Å²) in [6, 6.07) is 1.45. The van der Waals surface area contributed by atoms with Crippen LogP contribution in [-0.2, 0) is 4.79 Å². The zero-order valence-corrected chi connectivity index (χ0v) is 14.1. The largest absolute Gasteiger partial charge is 0.349 e. The lowest BCUT2D eigenvalue weighted by molar-refractivity contribution is -0.133. The third kappa shape index (κ3) is 4.28. The highest BCUT2D eigenvalue weighted by molar-refractivity contribution is 5.95. The minimum absolute atomic E-state index is 0.00567. The molecule has 2 atom stereocenters. The molecule has 1 saturated heterocycles. The van der Waals surface area contributed by atoms with Gasteiger partial charge in [-0.2, -0.15) is 0 Å². The summed E-state index contributed by atoms with van der Waals surface area (Å²) in [6.07, 6.45) is 5.04. The van der Waals surface area contributed by atoms with Crippen molar-refractivity contribution < 1.29 is 9.59 Å². The molecular formula is C17H26N4O2. The fraction of sp³-hybridized carbons (Fsp3) is 0.588. The second kappa shape index (κ2) is 7.55. The standard InChI is InChI=1S/C17H26N4O2/c1-11-4-7-19-10-15(11)16(22)20-13(3)14-5-8-21(9-6-14)17(23)12(2)18/h4,7,10,12-14H,5-6,8-9,18H2,1-3H3,(H,20,22)/t12-,13?/m0/s1. The van der Waals surface area contributed by atoms with Crippen LogP contribution in [0.1, 0.15) is 42.6 Å². The molecule has 3 N–H and O–H groups in total. The fourth-order valence-corrected chi connectivity index (χ4v) is 3.01. The summed E-state index contributed by atoms with van der Waals surface area (Å²) in [7, 11) is 0. The number of aryl methyl sites for hydroxylation is 1. The van der Waals surface area contributed by atoms with Crippen molar-refractivity contribution in [3.63, 3.8) is 0 Å². The number of rotatable bonds is 4. The number of pyridine rings is 1. The Balaban J connectivity index is 1.88. The van der Waals surface area contributed by atoms with E-state index >= 15 is 0 Å². The summed E-state index contributed by atoms with van der Waals surface area (Å²) < 4.78 is 0. The molecular weight excluding hydrogens is 292 g/mol. The van der Waals surface area contributed by atoms with Crippen LogP contribution in [-0.4, -0.2) is 46.9 Å². The van der Waals surface area contributed by atoms with E-state index in [1.165, 1.54) is 0 Å². The Bertz CT molecular complexity index is 565. The molecule has 1 aromatic rings. The number of amides is 2. The molecule has 0 saturated carbocycles. The predicted molar refractivity (Wildman–Crippen MR) is 88.9 cm³/mol. The van der Waals surface area contributed by atoms with E-state index in [1.54, 1.807) is 19.3 Å². The maximum absolute atomic E-state index is 12.3. The van der Waals surface area contributed by atoms with Crippen molar-refractivity contribution in [1.82, 2.24) is 15.2 Å². The molecule has 0 bridgehead atoms. The molecule has 1 unspecified atom stereocenters. The van der Waals surface area contributed by atoms with Crippen molar-refractivity contribution in [2.24, 2.45) is 11.7 Å². The second-order valence-electron chi connectivity index (χ2n) is 6.40. The van der Waals surface area contributed by atoms with Gasteiger partial charge in [-0.3, -0.25) is 14.6 Å². The number of piperidine rings is 1. The molecule has 2 amide bonds. The molecule has 0 radical (unpaired) electrons. The van der Waals surface area contributed by atoms with Crippen molar-refractivity contribution in [2.75, 3.05) is 13.1 Å². The van der Waals surface area contributed by atoms with Gasteiger partial charge in [-0.15, -0.1) is 0 Å². The Morgan fingerprint density at radius 1 is 1.35 bits per heavy atom. The van der Waals surface area contributed by atoms with Crippen molar-refractivity contribution in [1.29, 1.82) is 0 Å². The lowest BCUT2D eigenvalue weighted by Gasteiger charge is -2.35. The smallest absolute Gasteiger partial charge is 0.253 e. The molecule has 6 heteroatoms. The summed E-state index contributed by atoms with van der Waals surface area (Å²) in [5.41, 5.74) is 7.18. The molecule has 23 heavy (non-hydrogen) atoms. The van der Waals surface area contributed by atoms with Crippen molar-refractivity contribution in [3.8, 4) is 0 Å². The van der Waals surface area contributed by atoms with Gasteiger partial charge in [-0.1, -0.05) is 0 Å². The topological polar surface area (TPSA) is 88.3 Å². The van der Waals surface area contributed by atoms with E-state index < -0.39 is 6.04 Å². The van der Waals surface area contributed by atoms with Crippen LogP contribution < -0.4 is 11.1 Å². The monoisotopic (exact) mass is 318 g/mol. The first kappa shape index (κ1) is 17.4. The van der Waals surface area contributed by atoms with Crippen LogP contribution in [0.15, 0.2) is 18.5 Å². The number of nitrogens with two attached hydrogens (primary N) is 1. The van der Waals surface area contributed by atoms with Crippen LogP contribution in [0.2, 0.25) is 0 Å². The van der Waals surface area contributed by atoms with E-state index in [0.717, 1.165) is 18.4 Å². The molecule has 2 rings (SSSR count). The van der Waals surface area contributed by atoms with Gasteiger partial charge in [-0.05, 0) is 51.2 Å². The van der Waals surface area contributed by atoms with E-state index in [0.29, 0.717) is 24.6 Å². The van der Waals surface area contributed by atoms with Crippen LogP contribution in [0.3, 0.4) is 0 Å². The normalized spacial score (nSPS) is 18.3. The number of carbonyl (C=O) groups is 2. The van der Waals surface area contributed by atoms with Gasteiger partial charge >= 0.3 is 0 Å². The van der Waals surface area contributed by atoms with Crippen molar-refractivity contribution >= 4 is 11.8 Å². The first-order valence-electron chi connectivity index (χ1n) is 8.16. The number of nitrogens with one attached hydrogen (secondary N) is 1. The van der Waals surface area contributed by atoms with Gasteiger partial charge in [0, 0.05) is 31.5 Å². The Morgan fingerprint density at radius 2 is 2.00 bits per heavy atom. The zero-order chi connectivity index (χ0) is 17.0. The highest BCUT2D eigenvalue weighted by atomic mass is 16.2. The molecule has 1 aliphatic heterocycles. The lowest BCUT2D eigenvalue weighted by Crippen LogP contribution is -2.49. The number of aromatic nitrogens is 1. The lowest BCUT2D eigenvalue weighted by atomic mass is 9.90. The molecule has 1 fully saturated rings. The highest BCUT2D eigenvalue weighted by Gasteiger charge is 2.28. The summed E-state index contributed by atoms with van der Waals surface area (Å²) in [6.45, 7) is 7.05. The SMILES string of the molecule is Cc1ccncc1C(=O)NC(C)C1CCN(C(=O)[C@H](C)N)CC1. The van der Waals surface area contributed by atoms with E-state index in [-0.39, 0.29) is 17.9 Å². The summed E-state index contributed by atoms with van der Waals surface area (Å²) in [5.74, 6) is 0.288. The number of hydrogen-bond donors (Lipinski definition) is 2. The predicted octanol–water partition coefficient (Wildman–Crippen LogP) is 1.09. The second-order valence-corrected chi connectivity index (χ2v) is 6.40. The maximum Gasteiger partial charge on any atom is 0.253 e. The van der Waals surface area contributed by atoms with Gasteiger partial charge in [0.05, 0.1) is 11.6 Å². The van der Waals surface area contributed by atoms with Gasteiger partial charge in [0.25, 0.3) is 5.91 Å². The Hall–Kier alpha value is -1.95. The Labute approximate surface area is 137 Å². The molecule has 0 spiro atoms. The quantitative estimate of drug-likeness (QED) is 0.870. The van der Waals surface area contributed by atoms with E-state index in [9.17, 15) is 9.59 Å². The molecule has 1 aromatic heterocycles. The first-order valence-corrected chi connectivity index (χ1v) is 8.16. The van der Waals surface area contributed by atoms with Gasteiger partial charge in [0.2, 0.25) is 5.91 Å². The highest BCUT2D eigenvalue weighted by Crippen LogP contribution is 2.21. The molecule has 6 nitrogen and oxygen atoms in total. The molecule has 0 aliphatic carbocycles. The van der Waals surface area contributed by atoms with E-state index in [4.69, 9.17) is 5.73 Å². The minimum atomic E-state index is -0.447. The average molecular weight is 318 g/mol. The van der Waals surface area contributed by atoms with Gasteiger partial charge in [0.1, 0.15) is 0 Å². The first-order chi connectivity index (χ1) is 10.9. The third-order valence-corrected chi connectivity index (χ3v) is 4.59. The summed E-state index contributed by atoms with van der Waals surface area (Å²) in [4.78, 5) is 30.1. The average Bonchev–Trinajstić information content (AvgIpc) is 2.54. The van der Waals surface area contributed by atoms with E-state index in [1.807, 2.05) is 24.8 Å².